The lowest BCUT2D eigenvalue weighted by Gasteiger charge is -2.47. The van der Waals surface area contributed by atoms with Gasteiger partial charge in [0.25, 0.3) is 11.7 Å². The van der Waals surface area contributed by atoms with E-state index in [1.54, 1.807) is 14.0 Å². The molecular weight excluding hydrogens is 1110 g/mol. The molecule has 2 bridgehead atoms. The summed E-state index contributed by atoms with van der Waals surface area (Å²) in [6.45, 7) is 32.4. The zero-order valence-electron chi connectivity index (χ0n) is 54.8. The Balaban J connectivity index is 1.84. The molecule has 1 aliphatic carbocycles. The Kier molecular flexibility index (Phi) is 28.1. The number of cyclic esters (lactones) is 1. The molecule has 3 amide bonds. The van der Waals surface area contributed by atoms with Crippen molar-refractivity contribution in [2.24, 2.45) is 29.6 Å². The maximum Gasteiger partial charge on any atom is 0.407 e. The smallest absolute Gasteiger partial charge is 0.407 e. The van der Waals surface area contributed by atoms with Gasteiger partial charge in [0, 0.05) is 65.1 Å². The summed E-state index contributed by atoms with van der Waals surface area (Å²) in [6, 6.07) is -1.17. The Morgan fingerprint density at radius 2 is 1.37 bits per heavy atom. The molecule has 2 unspecified atom stereocenters. The number of nitrogens with one attached hydrogen (secondary N) is 2. The SMILES string of the molecule is [B]C(=O)NCCCCCCNC(=O)OCCC1/C=C(\C)C[C@H](C)C[C@H](OC)[C@H]2O[C@@](O)(C(=O)C(=O)N3CCCC[C@H]3C(=O)OC(/C(C)=C/[C@@H]3CC[C@@H](O[Si](C)(C)C(C)(C)C)[C@H](OC)C3)[C@H](C)[C@@H](O[Si](C)(C)C(C)(C)C)CC1=O)[C@H](C)C[C@@H]2OC. The number of ketones is 2. The molecule has 478 valence electrons. The van der Waals surface area contributed by atoms with Crippen molar-refractivity contribution in [1.29, 1.82) is 0 Å². The van der Waals surface area contributed by atoms with E-state index in [4.69, 9.17) is 45.1 Å². The molecule has 3 aliphatic heterocycles. The number of piperidine rings is 1. The molecule has 0 spiro atoms. The molecule has 18 nitrogen and oxygen atoms in total. The van der Waals surface area contributed by atoms with Crippen LogP contribution in [0.4, 0.5) is 9.59 Å². The van der Waals surface area contributed by atoms with Gasteiger partial charge in [0.05, 0.1) is 37.1 Å². The van der Waals surface area contributed by atoms with Crippen LogP contribution in [-0.2, 0) is 56.5 Å². The van der Waals surface area contributed by atoms with Crippen molar-refractivity contribution >= 4 is 59.8 Å². The predicted molar refractivity (Wildman–Crippen MR) is 331 cm³/mol. The van der Waals surface area contributed by atoms with E-state index in [0.717, 1.165) is 43.3 Å². The minimum Gasteiger partial charge on any atom is -0.456 e. The van der Waals surface area contributed by atoms with Crippen molar-refractivity contribution in [3.63, 3.8) is 0 Å². The van der Waals surface area contributed by atoms with Crippen LogP contribution in [-0.4, -0.2) is 172 Å². The predicted octanol–water partition coefficient (Wildman–Crippen LogP) is 10.7. The minimum atomic E-state index is -2.70. The maximum absolute atomic E-state index is 15.4. The highest BCUT2D eigenvalue weighted by atomic mass is 28.4. The van der Waals surface area contributed by atoms with Gasteiger partial charge in [0.1, 0.15) is 24.0 Å². The summed E-state index contributed by atoms with van der Waals surface area (Å²) >= 11 is 0. The van der Waals surface area contributed by atoms with Gasteiger partial charge in [-0.05, 0) is 145 Å². The van der Waals surface area contributed by atoms with Crippen molar-refractivity contribution in [2.75, 3.05) is 47.6 Å². The summed E-state index contributed by atoms with van der Waals surface area (Å²) < 4.78 is 51.4. The lowest BCUT2D eigenvalue weighted by atomic mass is 9.81. The van der Waals surface area contributed by atoms with E-state index < -0.39 is 106 Å². The largest absolute Gasteiger partial charge is 0.456 e. The Morgan fingerprint density at radius 1 is 0.786 bits per heavy atom. The van der Waals surface area contributed by atoms with E-state index >= 15 is 9.59 Å². The van der Waals surface area contributed by atoms with Gasteiger partial charge >= 0.3 is 12.1 Å². The topological polar surface area (TPSA) is 224 Å². The van der Waals surface area contributed by atoms with E-state index in [2.05, 4.69) is 84.4 Å². The molecule has 4 rings (SSSR count). The molecule has 3 heterocycles. The lowest BCUT2D eigenvalue weighted by molar-refractivity contribution is -0.302. The second-order valence-electron chi connectivity index (χ2n) is 28.0. The number of unbranched alkanes of at least 4 members (excludes halogenated alkanes) is 3. The van der Waals surface area contributed by atoms with Gasteiger partial charge < -0.3 is 57.9 Å². The normalized spacial score (nSPS) is 32.3. The summed E-state index contributed by atoms with van der Waals surface area (Å²) in [5, 5.41) is 17.5. The van der Waals surface area contributed by atoms with Crippen LogP contribution in [0.15, 0.2) is 23.3 Å². The van der Waals surface area contributed by atoms with Crippen LogP contribution in [0.3, 0.4) is 0 Å². The summed E-state index contributed by atoms with van der Waals surface area (Å²) in [5.74, 6) is -8.41. The molecule has 84 heavy (non-hydrogen) atoms. The fraction of sp³-hybridized carbons (Fsp3) is 0.841. The van der Waals surface area contributed by atoms with Crippen LogP contribution >= 0.6 is 0 Å². The van der Waals surface area contributed by atoms with E-state index in [0.29, 0.717) is 51.6 Å². The number of aliphatic hydroxyl groups is 1. The molecule has 0 aromatic carbocycles. The standard InChI is InChI=1S/C63H110BN3O15Si2/c1-40-33-41(2)35-52(76-13)55-53(77-14)37-43(4)63(74,80-55)56(69)57(70)67-31-24-21-25-47(67)58(71)79-54(42(3)36-45-26-27-49(51(38-45)75-12)81-83(15,16)61(6,7)8)44(5)50(82-84(17,18)62(9,10)11)39-48(68)46(34-40)28-32-78-60(73)66-30-23-20-19-22-29-65-59(64)72/h34,36,41,43-47,49-55,74H,19-33,35,37-39H2,1-18H3,(H,65,72)(H,66,73)/b40-34+,42-36+/t41-,43+,44+,45-,46?,47-,49+,50-,51+,52-,53-,54?,55+,63+/m0/s1. The van der Waals surface area contributed by atoms with Crippen LogP contribution in [0, 0.1) is 29.6 Å². The Labute approximate surface area is 508 Å². The van der Waals surface area contributed by atoms with Gasteiger partial charge in [-0.3, -0.25) is 19.2 Å². The summed E-state index contributed by atoms with van der Waals surface area (Å²) in [6.07, 6.45) is 7.26. The highest BCUT2D eigenvalue weighted by Crippen LogP contribution is 2.44. The molecule has 4 aliphatic rings. The van der Waals surface area contributed by atoms with Crippen LogP contribution in [0.25, 0.3) is 0 Å². The van der Waals surface area contributed by atoms with E-state index in [-0.39, 0.29) is 78.7 Å². The number of allylic oxidation sites excluding steroid dienone is 3. The zero-order chi connectivity index (χ0) is 63.1. The first-order valence-corrected chi connectivity index (χ1v) is 37.1. The Hall–Kier alpha value is -3.28. The second kappa shape index (κ2) is 32.3. The van der Waals surface area contributed by atoms with Crippen molar-refractivity contribution in [2.45, 2.75) is 263 Å². The molecule has 1 saturated carbocycles. The number of carbonyl (C=O) groups is 6. The van der Waals surface area contributed by atoms with Gasteiger partial charge in [0.15, 0.2) is 30.3 Å². The van der Waals surface area contributed by atoms with Crippen molar-refractivity contribution in [3.8, 4) is 0 Å². The van der Waals surface area contributed by atoms with Gasteiger partial charge in [-0.1, -0.05) is 92.9 Å². The number of nitrogens with zero attached hydrogens (tertiary/aromatic N) is 1. The van der Waals surface area contributed by atoms with Crippen molar-refractivity contribution < 1.29 is 71.1 Å². The zero-order valence-corrected chi connectivity index (χ0v) is 56.8. The summed E-state index contributed by atoms with van der Waals surface area (Å²) in [4.78, 5) is 85.5. The first kappa shape index (κ1) is 73.2. The molecule has 0 aromatic heterocycles. The number of rotatable bonds is 19. The van der Waals surface area contributed by atoms with Gasteiger partial charge in [0.2, 0.25) is 5.79 Å². The minimum absolute atomic E-state index is 0.00918. The first-order chi connectivity index (χ1) is 39.1. The van der Waals surface area contributed by atoms with Crippen LogP contribution in [0.1, 0.15) is 172 Å². The molecule has 2 saturated heterocycles. The van der Waals surface area contributed by atoms with Gasteiger partial charge in [-0.2, -0.15) is 0 Å². The molecule has 3 N–H and O–H groups in total. The van der Waals surface area contributed by atoms with Crippen molar-refractivity contribution in [3.05, 3.63) is 23.3 Å². The Morgan fingerprint density at radius 3 is 1.95 bits per heavy atom. The van der Waals surface area contributed by atoms with Gasteiger partial charge in [-0.15, -0.1) is 0 Å². The number of ether oxygens (including phenoxy) is 6. The third-order valence-corrected chi connectivity index (χ3v) is 28.2. The monoisotopic (exact) mass is 1220 g/mol. The maximum atomic E-state index is 15.4. The fourth-order valence-electron chi connectivity index (χ4n) is 12.0. The van der Waals surface area contributed by atoms with Crippen LogP contribution < -0.4 is 10.6 Å². The van der Waals surface area contributed by atoms with Crippen LogP contribution in [0.2, 0.25) is 36.3 Å². The number of methoxy groups -OCH3 is 3. The van der Waals surface area contributed by atoms with Crippen molar-refractivity contribution in [1.82, 2.24) is 15.5 Å². The van der Waals surface area contributed by atoms with E-state index in [9.17, 15) is 24.3 Å². The average Bonchev–Trinajstić information content (AvgIpc) is 2.39. The number of alkyl carbamates (subject to hydrolysis) is 1. The number of fused-ring (bicyclic) bond motifs is 3. The summed E-state index contributed by atoms with van der Waals surface area (Å²) in [7, 11) is 5.12. The number of amides is 3. The molecule has 0 aromatic rings. The van der Waals surface area contributed by atoms with E-state index in [1.807, 2.05) is 33.8 Å². The highest BCUT2D eigenvalue weighted by Gasteiger charge is 2.57. The average molecular weight is 1220 g/mol. The highest BCUT2D eigenvalue weighted by molar-refractivity contribution is 6.74. The molecule has 21 heteroatoms. The fourth-order valence-corrected chi connectivity index (χ4v) is 14.8. The summed E-state index contributed by atoms with van der Waals surface area (Å²) in [5.41, 5.74) is 1.66. The van der Waals surface area contributed by atoms with E-state index in [1.165, 1.54) is 19.1 Å². The molecule has 2 radical (unpaired) electrons. The first-order valence-electron chi connectivity index (χ1n) is 31.3. The third-order valence-electron chi connectivity index (χ3n) is 19.2. The Bertz CT molecular complexity index is 2250. The molecular formula is C63H110BN3O15Si2. The lowest BCUT2D eigenvalue weighted by Crippen LogP contribution is -2.64. The quantitative estimate of drug-likeness (QED) is 0.0360. The number of carbonyl (C=O) groups excluding carboxylic acids is 6. The number of Topliss-reactive ketones (excluding diaryl/α,β-unsaturated/α-hetero) is 2. The third kappa shape index (κ3) is 20.4. The number of hydrogen-bond donors (Lipinski definition) is 3. The molecule has 14 atom stereocenters. The number of esters is 1. The second-order valence-corrected chi connectivity index (χ2v) is 37.5. The molecule has 3 fully saturated rings. The van der Waals surface area contributed by atoms with Crippen LogP contribution in [0.5, 0.6) is 0 Å². The van der Waals surface area contributed by atoms with Gasteiger partial charge in [-0.25, -0.2) is 9.59 Å². The number of hydrogen-bond acceptors (Lipinski definition) is 15.